The molecule has 0 bridgehead atoms. The number of nitrogens with one attached hydrogen (secondary N) is 1. The molecule has 214 valence electrons. The van der Waals surface area contributed by atoms with Crippen molar-refractivity contribution in [3.8, 4) is 17.2 Å². The average Bonchev–Trinajstić information content (AvgIpc) is 2.90. The second kappa shape index (κ2) is 12.7. The summed E-state index contributed by atoms with van der Waals surface area (Å²) in [6.45, 7) is -0.521. The molecule has 0 saturated carbocycles. The van der Waals surface area contributed by atoms with Gasteiger partial charge in [0.15, 0.2) is 0 Å². The fourth-order valence-electron chi connectivity index (χ4n) is 3.47. The number of hydrogen-bond acceptors (Lipinski definition) is 6. The van der Waals surface area contributed by atoms with E-state index in [0.717, 1.165) is 36.4 Å². The lowest BCUT2D eigenvalue weighted by Gasteiger charge is -2.27. The molecule has 0 heterocycles. The number of halogens is 6. The molecule has 0 spiro atoms. The smallest absolute Gasteiger partial charge is 0.457 e. The summed E-state index contributed by atoms with van der Waals surface area (Å²) in [5.74, 6) is 4.35. The van der Waals surface area contributed by atoms with Gasteiger partial charge in [-0.15, -0.1) is 13.2 Å². The molecule has 14 heteroatoms. The van der Waals surface area contributed by atoms with E-state index in [0.29, 0.717) is 10.6 Å². The fraction of sp³-hybridized carbons (Fsp3) is 0.231. The van der Waals surface area contributed by atoms with Crippen LogP contribution in [0.2, 0.25) is 0 Å². The highest BCUT2D eigenvalue weighted by molar-refractivity contribution is 5.97. The topological polar surface area (TPSA) is 114 Å². The summed E-state index contributed by atoms with van der Waals surface area (Å²) >= 11 is 0. The van der Waals surface area contributed by atoms with Crippen molar-refractivity contribution in [2.75, 3.05) is 13.2 Å². The standard InChI is InChI=1S/C26H23F6N3O5/c27-25(28,29)18-5-11-20(12-6-18)39-19-9-3-17(4-10-19)24(38)35(33)22(23(37)34-13-14-36)15-16-1-7-21(8-2-16)40-26(30,31)32/h1-12,22,36H,13-15,33H2,(H,34,37)/t22-/m0/s1. The van der Waals surface area contributed by atoms with E-state index in [-0.39, 0.29) is 36.6 Å². The maximum Gasteiger partial charge on any atom is 0.573 e. The van der Waals surface area contributed by atoms with Crippen LogP contribution in [0.5, 0.6) is 17.2 Å². The lowest BCUT2D eigenvalue weighted by atomic mass is 10.0. The van der Waals surface area contributed by atoms with Crippen LogP contribution in [0.3, 0.4) is 0 Å². The number of rotatable bonds is 10. The number of carbonyl (C=O) groups excluding carboxylic acids is 2. The van der Waals surface area contributed by atoms with Gasteiger partial charge in [-0.1, -0.05) is 12.1 Å². The van der Waals surface area contributed by atoms with E-state index in [2.05, 4.69) is 10.1 Å². The molecule has 0 unspecified atom stereocenters. The van der Waals surface area contributed by atoms with Gasteiger partial charge in [0, 0.05) is 18.5 Å². The number of nitrogens with two attached hydrogens (primary N) is 1. The Morgan fingerprint density at radius 2 is 1.38 bits per heavy atom. The number of carbonyl (C=O) groups is 2. The maximum atomic E-state index is 13.0. The fourth-order valence-corrected chi connectivity index (χ4v) is 3.47. The molecule has 3 aromatic carbocycles. The van der Waals surface area contributed by atoms with Crippen LogP contribution in [0.25, 0.3) is 0 Å². The number of nitrogens with zero attached hydrogens (tertiary/aromatic N) is 1. The van der Waals surface area contributed by atoms with Gasteiger partial charge in [0.1, 0.15) is 23.3 Å². The highest BCUT2D eigenvalue weighted by atomic mass is 19.4. The molecule has 2 amide bonds. The van der Waals surface area contributed by atoms with Crippen molar-refractivity contribution in [1.29, 1.82) is 0 Å². The Morgan fingerprint density at radius 1 is 0.850 bits per heavy atom. The van der Waals surface area contributed by atoms with E-state index in [1.807, 2.05) is 0 Å². The van der Waals surface area contributed by atoms with Crippen molar-refractivity contribution in [2.24, 2.45) is 5.84 Å². The SMILES string of the molecule is NN(C(=O)c1ccc(Oc2ccc(C(F)(F)F)cc2)cc1)[C@@H](Cc1ccc(OC(F)(F)F)cc1)C(=O)NCCO. The van der Waals surface area contributed by atoms with Gasteiger partial charge < -0.3 is 19.9 Å². The third kappa shape index (κ3) is 8.61. The molecule has 8 nitrogen and oxygen atoms in total. The molecule has 3 aromatic rings. The molecule has 1 atom stereocenters. The lowest BCUT2D eigenvalue weighted by molar-refractivity contribution is -0.274. The molecule has 0 aliphatic rings. The summed E-state index contributed by atoms with van der Waals surface area (Å²) in [6.07, 6.45) is -9.56. The molecule has 0 radical (unpaired) electrons. The third-order valence-corrected chi connectivity index (χ3v) is 5.39. The maximum absolute atomic E-state index is 13.0. The number of benzene rings is 3. The summed E-state index contributed by atoms with van der Waals surface area (Å²) in [5.41, 5.74) is -0.439. The number of aliphatic hydroxyl groups excluding tert-OH is 1. The molecule has 0 aliphatic carbocycles. The zero-order valence-corrected chi connectivity index (χ0v) is 20.5. The molecular formula is C26H23F6N3O5. The molecule has 0 fully saturated rings. The van der Waals surface area contributed by atoms with E-state index >= 15 is 0 Å². The Kier molecular flexibility index (Phi) is 9.60. The Balaban J connectivity index is 1.72. The Bertz CT molecular complexity index is 1280. The van der Waals surface area contributed by atoms with Gasteiger partial charge in [0.05, 0.1) is 12.2 Å². The number of alkyl halides is 6. The van der Waals surface area contributed by atoms with Crippen molar-refractivity contribution < 1.29 is 50.5 Å². The van der Waals surface area contributed by atoms with Crippen LogP contribution in [0.4, 0.5) is 26.3 Å². The zero-order chi connectivity index (χ0) is 29.5. The number of amides is 2. The lowest BCUT2D eigenvalue weighted by Crippen LogP contribution is -2.54. The predicted octanol–water partition coefficient (Wildman–Crippen LogP) is 4.43. The molecule has 0 aromatic heterocycles. The van der Waals surface area contributed by atoms with Gasteiger partial charge in [-0.25, -0.2) is 5.84 Å². The largest absolute Gasteiger partial charge is 0.573 e. The first-order valence-electron chi connectivity index (χ1n) is 11.5. The van der Waals surface area contributed by atoms with E-state index in [4.69, 9.17) is 15.7 Å². The van der Waals surface area contributed by atoms with Crippen LogP contribution >= 0.6 is 0 Å². The van der Waals surface area contributed by atoms with Gasteiger partial charge in [0.2, 0.25) is 5.91 Å². The van der Waals surface area contributed by atoms with Crippen LogP contribution in [0.1, 0.15) is 21.5 Å². The summed E-state index contributed by atoms with van der Waals surface area (Å²) in [4.78, 5) is 25.8. The van der Waals surface area contributed by atoms with Gasteiger partial charge in [-0.3, -0.25) is 14.6 Å². The normalized spacial score (nSPS) is 12.4. The minimum absolute atomic E-state index is 0.0381. The van der Waals surface area contributed by atoms with Crippen molar-refractivity contribution in [3.63, 3.8) is 0 Å². The molecule has 0 saturated heterocycles. The van der Waals surface area contributed by atoms with E-state index < -0.39 is 41.7 Å². The zero-order valence-electron chi connectivity index (χ0n) is 20.5. The number of ether oxygens (including phenoxy) is 2. The summed E-state index contributed by atoms with van der Waals surface area (Å²) in [6, 6.07) is 12.7. The molecule has 3 rings (SSSR count). The first-order valence-corrected chi connectivity index (χ1v) is 11.5. The van der Waals surface area contributed by atoms with Crippen molar-refractivity contribution in [3.05, 3.63) is 89.5 Å². The highest BCUT2D eigenvalue weighted by Crippen LogP contribution is 2.31. The number of aliphatic hydroxyl groups is 1. The van der Waals surface area contributed by atoms with Crippen LogP contribution in [0.15, 0.2) is 72.8 Å². The van der Waals surface area contributed by atoms with Crippen molar-refractivity contribution >= 4 is 11.8 Å². The Morgan fingerprint density at radius 3 is 1.88 bits per heavy atom. The predicted molar refractivity (Wildman–Crippen MR) is 129 cm³/mol. The Hall–Kier alpha value is -4.30. The van der Waals surface area contributed by atoms with Crippen LogP contribution in [0, 0.1) is 0 Å². The quantitative estimate of drug-likeness (QED) is 0.144. The average molecular weight is 571 g/mol. The monoisotopic (exact) mass is 571 g/mol. The van der Waals surface area contributed by atoms with Gasteiger partial charge in [-0.05, 0) is 66.2 Å². The van der Waals surface area contributed by atoms with Crippen LogP contribution in [-0.4, -0.2) is 47.5 Å². The first-order chi connectivity index (χ1) is 18.8. The number of hydrazine groups is 1. The third-order valence-electron chi connectivity index (χ3n) is 5.39. The minimum atomic E-state index is -4.88. The van der Waals surface area contributed by atoms with Crippen molar-refractivity contribution in [2.45, 2.75) is 25.0 Å². The van der Waals surface area contributed by atoms with Crippen LogP contribution < -0.4 is 20.6 Å². The summed E-state index contributed by atoms with van der Waals surface area (Å²) in [7, 11) is 0. The van der Waals surface area contributed by atoms with Gasteiger partial charge in [-0.2, -0.15) is 13.2 Å². The van der Waals surface area contributed by atoms with Gasteiger partial charge in [0.25, 0.3) is 5.91 Å². The first kappa shape index (κ1) is 30.2. The molecule has 40 heavy (non-hydrogen) atoms. The molecule has 0 aliphatic heterocycles. The second-order valence-electron chi connectivity index (χ2n) is 8.29. The molecule has 4 N–H and O–H groups in total. The van der Waals surface area contributed by atoms with E-state index in [1.54, 1.807) is 0 Å². The van der Waals surface area contributed by atoms with E-state index in [1.165, 1.54) is 36.4 Å². The van der Waals surface area contributed by atoms with Gasteiger partial charge >= 0.3 is 12.5 Å². The second-order valence-corrected chi connectivity index (χ2v) is 8.29. The summed E-state index contributed by atoms with van der Waals surface area (Å²) in [5, 5.41) is 12.1. The minimum Gasteiger partial charge on any atom is -0.457 e. The molecular weight excluding hydrogens is 548 g/mol. The highest BCUT2D eigenvalue weighted by Gasteiger charge is 2.32. The van der Waals surface area contributed by atoms with Crippen LogP contribution in [-0.2, 0) is 17.4 Å². The van der Waals surface area contributed by atoms with Crippen molar-refractivity contribution in [1.82, 2.24) is 10.3 Å². The Labute approximate surface area is 223 Å². The summed E-state index contributed by atoms with van der Waals surface area (Å²) < 4.78 is 84.8. The number of hydrogen-bond donors (Lipinski definition) is 3. The van der Waals surface area contributed by atoms with E-state index in [9.17, 15) is 35.9 Å².